The van der Waals surface area contributed by atoms with E-state index in [-0.39, 0.29) is 6.04 Å². The summed E-state index contributed by atoms with van der Waals surface area (Å²) >= 11 is 0. The number of fused-ring (bicyclic) bond motifs is 2. The SMILES string of the molecule is c1ccc2c(c1)CCC(c1cc3ccccc3nn1)N2. The van der Waals surface area contributed by atoms with Crippen molar-refractivity contribution in [2.75, 3.05) is 5.32 Å². The van der Waals surface area contributed by atoms with E-state index in [0.29, 0.717) is 0 Å². The molecule has 3 heteroatoms. The van der Waals surface area contributed by atoms with Crippen LogP contribution in [0.5, 0.6) is 0 Å². The Labute approximate surface area is 117 Å². The molecule has 1 aliphatic rings. The van der Waals surface area contributed by atoms with Gasteiger partial charge in [0.1, 0.15) is 0 Å². The maximum atomic E-state index is 4.39. The normalized spacial score (nSPS) is 17.5. The van der Waals surface area contributed by atoms with Gasteiger partial charge in [-0.2, -0.15) is 10.2 Å². The maximum Gasteiger partial charge on any atom is 0.0929 e. The standard InChI is InChI=1S/C17H15N3/c1-3-7-14-12(5-1)9-10-16(18-14)17-11-13-6-2-4-8-15(13)19-20-17/h1-8,11,16,18H,9-10H2. The summed E-state index contributed by atoms with van der Waals surface area (Å²) in [5, 5.41) is 13.4. The average Bonchev–Trinajstić information content (AvgIpc) is 2.54. The van der Waals surface area contributed by atoms with Crippen LogP contribution < -0.4 is 5.32 Å². The summed E-state index contributed by atoms with van der Waals surface area (Å²) in [7, 11) is 0. The van der Waals surface area contributed by atoms with Crippen molar-refractivity contribution in [1.82, 2.24) is 10.2 Å². The van der Waals surface area contributed by atoms with Gasteiger partial charge in [-0.05, 0) is 36.6 Å². The van der Waals surface area contributed by atoms with E-state index >= 15 is 0 Å². The molecule has 98 valence electrons. The fraction of sp³-hybridized carbons (Fsp3) is 0.176. The van der Waals surface area contributed by atoms with E-state index in [4.69, 9.17) is 0 Å². The number of hydrogen-bond donors (Lipinski definition) is 1. The minimum atomic E-state index is 0.252. The summed E-state index contributed by atoms with van der Waals surface area (Å²) < 4.78 is 0. The first-order valence-electron chi connectivity index (χ1n) is 6.97. The zero-order valence-corrected chi connectivity index (χ0v) is 11.1. The summed E-state index contributed by atoms with van der Waals surface area (Å²) in [6, 6.07) is 19.0. The first-order valence-corrected chi connectivity index (χ1v) is 6.97. The number of aryl methyl sites for hydroxylation is 1. The Balaban J connectivity index is 1.70. The molecule has 1 unspecified atom stereocenters. The molecule has 3 aromatic rings. The fourth-order valence-corrected chi connectivity index (χ4v) is 2.83. The van der Waals surface area contributed by atoms with Crippen LogP contribution in [0.15, 0.2) is 54.6 Å². The molecule has 2 heterocycles. The maximum absolute atomic E-state index is 4.39. The third-order valence-electron chi connectivity index (χ3n) is 3.92. The molecule has 2 aromatic carbocycles. The first kappa shape index (κ1) is 11.4. The Morgan fingerprint density at radius 1 is 0.950 bits per heavy atom. The second-order valence-electron chi connectivity index (χ2n) is 5.22. The highest BCUT2D eigenvalue weighted by Crippen LogP contribution is 2.31. The van der Waals surface area contributed by atoms with E-state index in [0.717, 1.165) is 29.4 Å². The molecule has 0 bridgehead atoms. The molecule has 1 aromatic heterocycles. The predicted molar refractivity (Wildman–Crippen MR) is 80.7 cm³/mol. The topological polar surface area (TPSA) is 37.8 Å². The van der Waals surface area contributed by atoms with Gasteiger partial charge in [0, 0.05) is 11.1 Å². The zero-order valence-electron chi connectivity index (χ0n) is 11.1. The number of nitrogens with zero attached hydrogens (tertiary/aromatic N) is 2. The van der Waals surface area contributed by atoms with E-state index in [1.165, 1.54) is 11.3 Å². The van der Waals surface area contributed by atoms with Crippen molar-refractivity contribution in [1.29, 1.82) is 0 Å². The van der Waals surface area contributed by atoms with E-state index in [1.807, 2.05) is 18.2 Å². The third kappa shape index (κ3) is 1.92. The van der Waals surface area contributed by atoms with Gasteiger partial charge in [0.15, 0.2) is 0 Å². The molecule has 0 aliphatic carbocycles. The van der Waals surface area contributed by atoms with Crippen LogP contribution in [-0.4, -0.2) is 10.2 Å². The highest BCUT2D eigenvalue weighted by atomic mass is 15.1. The first-order chi connectivity index (χ1) is 9.90. The van der Waals surface area contributed by atoms with Crippen molar-refractivity contribution >= 4 is 16.6 Å². The number of rotatable bonds is 1. The van der Waals surface area contributed by atoms with Crippen LogP contribution in [0.2, 0.25) is 0 Å². The highest BCUT2D eigenvalue weighted by Gasteiger charge is 2.20. The van der Waals surface area contributed by atoms with E-state index in [1.54, 1.807) is 0 Å². The Morgan fingerprint density at radius 3 is 2.80 bits per heavy atom. The van der Waals surface area contributed by atoms with Crippen LogP contribution in [0.4, 0.5) is 5.69 Å². The second-order valence-corrected chi connectivity index (χ2v) is 5.22. The number of aromatic nitrogens is 2. The van der Waals surface area contributed by atoms with Gasteiger partial charge in [-0.1, -0.05) is 36.4 Å². The van der Waals surface area contributed by atoms with Crippen LogP contribution in [0, 0.1) is 0 Å². The third-order valence-corrected chi connectivity index (χ3v) is 3.92. The lowest BCUT2D eigenvalue weighted by molar-refractivity contribution is 0.643. The van der Waals surface area contributed by atoms with Crippen molar-refractivity contribution in [3.8, 4) is 0 Å². The molecular formula is C17H15N3. The minimum Gasteiger partial charge on any atom is -0.376 e. The van der Waals surface area contributed by atoms with Gasteiger partial charge in [0.25, 0.3) is 0 Å². The molecule has 0 fully saturated rings. The minimum absolute atomic E-state index is 0.252. The van der Waals surface area contributed by atoms with Crippen molar-refractivity contribution < 1.29 is 0 Å². The summed E-state index contributed by atoms with van der Waals surface area (Å²) in [5.41, 5.74) is 4.59. The summed E-state index contributed by atoms with van der Waals surface area (Å²) in [4.78, 5) is 0. The van der Waals surface area contributed by atoms with E-state index in [9.17, 15) is 0 Å². The van der Waals surface area contributed by atoms with Gasteiger partial charge in [0.2, 0.25) is 0 Å². The summed E-state index contributed by atoms with van der Waals surface area (Å²) in [6.45, 7) is 0. The van der Waals surface area contributed by atoms with Gasteiger partial charge in [0.05, 0.1) is 17.3 Å². The Hall–Kier alpha value is -2.42. The Kier molecular flexibility index (Phi) is 2.62. The number of benzene rings is 2. The summed E-state index contributed by atoms with van der Waals surface area (Å²) in [6.07, 6.45) is 2.15. The smallest absolute Gasteiger partial charge is 0.0929 e. The molecule has 0 amide bonds. The van der Waals surface area contributed by atoms with Crippen LogP contribution in [-0.2, 0) is 6.42 Å². The van der Waals surface area contributed by atoms with Gasteiger partial charge < -0.3 is 5.32 Å². The van der Waals surface area contributed by atoms with Gasteiger partial charge in [-0.15, -0.1) is 0 Å². The van der Waals surface area contributed by atoms with Gasteiger partial charge in [-0.3, -0.25) is 0 Å². The number of hydrogen-bond acceptors (Lipinski definition) is 3. The lowest BCUT2D eigenvalue weighted by Gasteiger charge is -2.26. The molecule has 0 spiro atoms. The molecule has 1 atom stereocenters. The van der Waals surface area contributed by atoms with Crippen molar-refractivity contribution in [2.24, 2.45) is 0 Å². The monoisotopic (exact) mass is 261 g/mol. The number of para-hydroxylation sites is 1. The Morgan fingerprint density at radius 2 is 1.80 bits per heavy atom. The molecule has 0 radical (unpaired) electrons. The lowest BCUT2D eigenvalue weighted by Crippen LogP contribution is -2.19. The Bertz CT molecular complexity index is 767. The number of nitrogens with one attached hydrogen (secondary N) is 1. The molecule has 1 aliphatic heterocycles. The van der Waals surface area contributed by atoms with Gasteiger partial charge >= 0.3 is 0 Å². The molecule has 0 saturated carbocycles. The molecule has 1 N–H and O–H groups in total. The molecular weight excluding hydrogens is 246 g/mol. The lowest BCUT2D eigenvalue weighted by atomic mass is 9.96. The van der Waals surface area contributed by atoms with Crippen LogP contribution in [0.25, 0.3) is 10.9 Å². The molecule has 20 heavy (non-hydrogen) atoms. The molecule has 3 nitrogen and oxygen atoms in total. The second kappa shape index (κ2) is 4.60. The van der Waals surface area contributed by atoms with Crippen LogP contribution >= 0.6 is 0 Å². The van der Waals surface area contributed by atoms with Crippen LogP contribution in [0.1, 0.15) is 23.7 Å². The molecule has 4 rings (SSSR count). The largest absolute Gasteiger partial charge is 0.376 e. The van der Waals surface area contributed by atoms with Crippen molar-refractivity contribution in [3.05, 3.63) is 65.9 Å². The van der Waals surface area contributed by atoms with Crippen LogP contribution in [0.3, 0.4) is 0 Å². The number of anilines is 1. The summed E-state index contributed by atoms with van der Waals surface area (Å²) in [5.74, 6) is 0. The predicted octanol–water partition coefficient (Wildman–Crippen LogP) is 3.73. The zero-order chi connectivity index (χ0) is 13.4. The quantitative estimate of drug-likeness (QED) is 0.725. The highest BCUT2D eigenvalue weighted by molar-refractivity contribution is 5.78. The molecule has 0 saturated heterocycles. The fourth-order valence-electron chi connectivity index (χ4n) is 2.83. The average molecular weight is 261 g/mol. The van der Waals surface area contributed by atoms with Crippen molar-refractivity contribution in [3.63, 3.8) is 0 Å². The van der Waals surface area contributed by atoms with E-state index in [2.05, 4.69) is 51.9 Å². The van der Waals surface area contributed by atoms with E-state index < -0.39 is 0 Å². The van der Waals surface area contributed by atoms with Crippen molar-refractivity contribution in [2.45, 2.75) is 18.9 Å². The van der Waals surface area contributed by atoms with Gasteiger partial charge in [-0.25, -0.2) is 0 Å².